The molecule has 0 aliphatic carbocycles. The van der Waals surface area contributed by atoms with Gasteiger partial charge in [-0.25, -0.2) is 0 Å². The van der Waals surface area contributed by atoms with Crippen LogP contribution in [0.1, 0.15) is 11.1 Å². The molecule has 1 aromatic carbocycles. The van der Waals surface area contributed by atoms with E-state index in [2.05, 4.69) is 0 Å². The largest absolute Gasteiger partial charge is 0.283 e. The zero-order valence-corrected chi connectivity index (χ0v) is 9.74. The monoisotopic (exact) mass is 322 g/mol. The smallest absolute Gasteiger partial charge is 0.258 e. The second kappa shape index (κ2) is 4.57. The van der Waals surface area contributed by atoms with E-state index >= 15 is 0 Å². The van der Waals surface area contributed by atoms with Crippen molar-refractivity contribution in [2.24, 2.45) is 0 Å². The van der Waals surface area contributed by atoms with E-state index in [1.807, 2.05) is 28.7 Å². The van der Waals surface area contributed by atoms with Crippen molar-refractivity contribution in [2.75, 3.05) is 0 Å². The number of hydrogen-bond donors (Lipinski definition) is 0. The first-order valence-corrected chi connectivity index (χ1v) is 5.14. The minimum atomic E-state index is -0.513. The maximum atomic E-state index is 10.5. The summed E-state index contributed by atoms with van der Waals surface area (Å²) in [6, 6.07) is 4.69. The summed E-state index contributed by atoms with van der Waals surface area (Å²) in [5.74, 6) is 0.177. The van der Waals surface area contributed by atoms with Gasteiger partial charge in [-0.1, -0.05) is 0 Å². The molecule has 1 aromatic rings. The lowest BCUT2D eigenvalue weighted by atomic mass is 10.1. The summed E-state index contributed by atoms with van der Waals surface area (Å²) >= 11 is 7.44. The summed E-state index contributed by atoms with van der Waals surface area (Å²) in [5.41, 5.74) is 0.812. The Balaban J connectivity index is 3.40. The summed E-state index contributed by atoms with van der Waals surface area (Å²) in [6.07, 6.45) is 0. The van der Waals surface area contributed by atoms with Crippen molar-refractivity contribution in [3.63, 3.8) is 0 Å². The predicted molar refractivity (Wildman–Crippen MR) is 60.1 cm³/mol. The Morgan fingerprint density at radius 2 is 2.29 bits per heavy atom. The Hall–Kier alpha value is -0.870. The van der Waals surface area contributed by atoms with Gasteiger partial charge in [-0.2, -0.15) is 5.26 Å². The first-order chi connectivity index (χ1) is 6.60. The second-order valence-corrected chi connectivity index (χ2v) is 3.89. The molecule has 0 fully saturated rings. The third-order valence-electron chi connectivity index (χ3n) is 1.63. The van der Waals surface area contributed by atoms with Crippen LogP contribution in [0.4, 0.5) is 5.69 Å². The van der Waals surface area contributed by atoms with Crippen LogP contribution in [0.5, 0.6) is 0 Å². The van der Waals surface area contributed by atoms with Crippen LogP contribution >= 0.6 is 34.2 Å². The van der Waals surface area contributed by atoms with Gasteiger partial charge in [-0.15, -0.1) is 11.6 Å². The number of nitriles is 1. The number of hydrogen-bond acceptors (Lipinski definition) is 3. The first-order valence-electron chi connectivity index (χ1n) is 3.53. The van der Waals surface area contributed by atoms with Crippen LogP contribution in [-0.2, 0) is 5.88 Å². The average Bonchev–Trinajstić information content (AvgIpc) is 2.16. The fraction of sp³-hybridized carbons (Fsp3) is 0.125. The number of nitrogens with zero attached hydrogens (tertiary/aromatic N) is 2. The fourth-order valence-corrected chi connectivity index (χ4v) is 1.91. The summed E-state index contributed by atoms with van der Waals surface area (Å²) < 4.78 is 0.488. The normalized spacial score (nSPS) is 9.50. The Kier molecular flexibility index (Phi) is 3.66. The molecule has 0 radical (unpaired) electrons. The maximum absolute atomic E-state index is 10.5. The molecular weight excluding hydrogens is 318 g/mol. The summed E-state index contributed by atoms with van der Waals surface area (Å²) in [4.78, 5) is 10.0. The molecule has 1 rings (SSSR count). The third-order valence-corrected chi connectivity index (χ3v) is 2.79. The van der Waals surface area contributed by atoms with E-state index in [0.717, 1.165) is 0 Å². The van der Waals surface area contributed by atoms with Crippen molar-refractivity contribution in [1.29, 1.82) is 5.26 Å². The van der Waals surface area contributed by atoms with Crippen molar-refractivity contribution in [1.82, 2.24) is 0 Å². The zero-order chi connectivity index (χ0) is 10.7. The van der Waals surface area contributed by atoms with Gasteiger partial charge in [0.25, 0.3) is 5.69 Å². The van der Waals surface area contributed by atoms with Crippen LogP contribution in [0.2, 0.25) is 0 Å². The quantitative estimate of drug-likeness (QED) is 0.364. The third kappa shape index (κ3) is 2.13. The number of alkyl halides is 1. The summed E-state index contributed by atoms with van der Waals surface area (Å²) in [5, 5.41) is 19.3. The lowest BCUT2D eigenvalue weighted by Gasteiger charge is -2.01. The van der Waals surface area contributed by atoms with E-state index in [1.165, 1.54) is 6.07 Å². The molecule has 0 amide bonds. The number of rotatable bonds is 2. The zero-order valence-electron chi connectivity index (χ0n) is 6.83. The summed E-state index contributed by atoms with van der Waals surface area (Å²) in [7, 11) is 0. The van der Waals surface area contributed by atoms with Crippen LogP contribution in [0.25, 0.3) is 0 Å². The molecule has 0 saturated carbocycles. The van der Waals surface area contributed by atoms with Gasteiger partial charge in [0.15, 0.2) is 0 Å². The molecule has 0 atom stereocenters. The van der Waals surface area contributed by atoms with Gasteiger partial charge in [0, 0.05) is 11.9 Å². The molecule has 14 heavy (non-hydrogen) atoms. The van der Waals surface area contributed by atoms with E-state index in [9.17, 15) is 10.1 Å². The molecule has 0 aromatic heterocycles. The number of nitro benzene ring substituents is 1. The highest BCUT2D eigenvalue weighted by molar-refractivity contribution is 14.1. The van der Waals surface area contributed by atoms with Crippen LogP contribution in [0.3, 0.4) is 0 Å². The highest BCUT2D eigenvalue weighted by atomic mass is 127. The van der Waals surface area contributed by atoms with E-state index < -0.39 is 4.92 Å². The molecule has 0 saturated heterocycles. The van der Waals surface area contributed by atoms with Crippen molar-refractivity contribution in [2.45, 2.75) is 5.88 Å². The Morgan fingerprint density at radius 3 is 2.71 bits per heavy atom. The fourth-order valence-electron chi connectivity index (χ4n) is 0.958. The van der Waals surface area contributed by atoms with Gasteiger partial charge in [0.2, 0.25) is 0 Å². The van der Waals surface area contributed by atoms with Gasteiger partial charge < -0.3 is 0 Å². The van der Waals surface area contributed by atoms with Crippen LogP contribution in [0.15, 0.2) is 12.1 Å². The maximum Gasteiger partial charge on any atom is 0.283 e. The van der Waals surface area contributed by atoms with Crippen LogP contribution in [0, 0.1) is 25.0 Å². The highest BCUT2D eigenvalue weighted by Crippen LogP contribution is 2.25. The van der Waals surface area contributed by atoms with Gasteiger partial charge in [0.1, 0.15) is 0 Å². The average molecular weight is 322 g/mol. The minimum absolute atomic E-state index is 0.0592. The van der Waals surface area contributed by atoms with Gasteiger partial charge in [-0.3, -0.25) is 10.1 Å². The van der Waals surface area contributed by atoms with Crippen LogP contribution in [-0.4, -0.2) is 4.92 Å². The van der Waals surface area contributed by atoms with Crippen molar-refractivity contribution in [3.05, 3.63) is 36.9 Å². The molecule has 4 nitrogen and oxygen atoms in total. The van der Waals surface area contributed by atoms with Crippen molar-refractivity contribution in [3.8, 4) is 6.07 Å². The standard InChI is InChI=1S/C8H4ClIN2O2/c9-3-5-1-7(10)8(12(13)14)2-6(5)4-11/h1-2H,3H2. The molecule has 72 valence electrons. The lowest BCUT2D eigenvalue weighted by Crippen LogP contribution is -1.95. The molecule has 0 spiro atoms. The number of nitro groups is 1. The van der Waals surface area contributed by atoms with Gasteiger partial charge >= 0.3 is 0 Å². The van der Waals surface area contributed by atoms with Gasteiger partial charge in [0.05, 0.1) is 20.1 Å². The van der Waals surface area contributed by atoms with Crippen LogP contribution < -0.4 is 0 Å². The Bertz CT molecular complexity index is 428. The van der Waals surface area contributed by atoms with E-state index in [1.54, 1.807) is 6.07 Å². The molecule has 0 unspecified atom stereocenters. The molecule has 0 heterocycles. The Labute approximate surface area is 98.8 Å². The summed E-state index contributed by atoms with van der Waals surface area (Å²) in [6.45, 7) is 0. The number of benzene rings is 1. The van der Waals surface area contributed by atoms with Gasteiger partial charge in [-0.05, 0) is 34.2 Å². The number of halogens is 2. The highest BCUT2D eigenvalue weighted by Gasteiger charge is 2.15. The van der Waals surface area contributed by atoms with E-state index in [4.69, 9.17) is 16.9 Å². The molecule has 0 aliphatic heterocycles. The minimum Gasteiger partial charge on any atom is -0.258 e. The predicted octanol–water partition coefficient (Wildman–Crippen LogP) is 2.81. The van der Waals surface area contributed by atoms with Crippen molar-refractivity contribution >= 4 is 39.9 Å². The molecule has 0 aliphatic rings. The Morgan fingerprint density at radius 1 is 1.64 bits per heavy atom. The lowest BCUT2D eigenvalue weighted by molar-refractivity contribution is -0.385. The molecular formula is C8H4ClIN2O2. The molecule has 0 bridgehead atoms. The first kappa shape index (κ1) is 11.2. The molecule has 6 heteroatoms. The molecule has 0 N–H and O–H groups in total. The SMILES string of the molecule is N#Cc1cc([N+](=O)[O-])c(I)cc1CCl. The topological polar surface area (TPSA) is 66.9 Å². The van der Waals surface area contributed by atoms with E-state index in [0.29, 0.717) is 9.13 Å². The van der Waals surface area contributed by atoms with E-state index in [-0.39, 0.29) is 17.1 Å². The van der Waals surface area contributed by atoms with Crippen molar-refractivity contribution < 1.29 is 4.92 Å². The second-order valence-electron chi connectivity index (χ2n) is 2.46.